The monoisotopic (exact) mass is 301 g/mol. The summed E-state index contributed by atoms with van der Waals surface area (Å²) in [6.45, 7) is 3.30. The molecule has 0 radical (unpaired) electrons. The average molecular weight is 301 g/mol. The molecule has 1 aromatic carbocycles. The van der Waals surface area contributed by atoms with E-state index in [1.165, 1.54) is 12.1 Å². The number of carbonyl (C=O) groups is 1. The Labute approximate surface area is 121 Å². The van der Waals surface area contributed by atoms with Crippen LogP contribution in [-0.2, 0) is 11.0 Å². The van der Waals surface area contributed by atoms with Gasteiger partial charge in [0, 0.05) is 44.8 Å². The molecule has 7 heteroatoms. The van der Waals surface area contributed by atoms with Crippen LogP contribution < -0.4 is 10.6 Å². The van der Waals surface area contributed by atoms with Gasteiger partial charge in [-0.2, -0.15) is 13.2 Å². The highest BCUT2D eigenvalue weighted by atomic mass is 19.4. The largest absolute Gasteiger partial charge is 0.416 e. The van der Waals surface area contributed by atoms with Gasteiger partial charge in [-0.15, -0.1) is 0 Å². The molecule has 0 atom stereocenters. The molecule has 0 aromatic heterocycles. The fraction of sp³-hybridized carbons (Fsp3) is 0.500. The molecule has 1 aliphatic rings. The third kappa shape index (κ3) is 4.35. The lowest BCUT2D eigenvalue weighted by molar-refractivity contribution is -0.137. The number of halogens is 3. The average Bonchev–Trinajstić information content (AvgIpc) is 2.45. The summed E-state index contributed by atoms with van der Waals surface area (Å²) < 4.78 is 38.1. The minimum atomic E-state index is -4.32. The van der Waals surface area contributed by atoms with E-state index in [1.807, 2.05) is 4.90 Å². The molecule has 0 bridgehead atoms. The Hall–Kier alpha value is -1.76. The number of hydrogen-bond donors (Lipinski definition) is 1. The molecular formula is C14H18F3N3O. The van der Waals surface area contributed by atoms with Crippen molar-refractivity contribution in [1.29, 1.82) is 0 Å². The summed E-state index contributed by atoms with van der Waals surface area (Å²) in [6, 6.07) is 5.37. The van der Waals surface area contributed by atoms with Crippen LogP contribution in [0.4, 0.5) is 18.9 Å². The van der Waals surface area contributed by atoms with E-state index in [0.29, 0.717) is 44.8 Å². The normalized spacial score (nSPS) is 17.0. The number of nitrogens with two attached hydrogens (primary N) is 1. The van der Waals surface area contributed by atoms with Gasteiger partial charge in [0.25, 0.3) is 0 Å². The summed E-state index contributed by atoms with van der Waals surface area (Å²) in [5.74, 6) is -0.338. The van der Waals surface area contributed by atoms with Gasteiger partial charge in [-0.05, 0) is 18.2 Å². The molecule has 0 aliphatic carbocycles. The molecule has 1 aromatic rings. The Balaban J connectivity index is 1.95. The smallest absolute Gasteiger partial charge is 0.370 e. The van der Waals surface area contributed by atoms with Crippen LogP contribution in [0.2, 0.25) is 0 Å². The fourth-order valence-electron chi connectivity index (χ4n) is 2.38. The fourth-order valence-corrected chi connectivity index (χ4v) is 2.38. The third-order valence-electron chi connectivity index (χ3n) is 3.59. The number of carbonyl (C=O) groups excluding carboxylic acids is 1. The predicted octanol–water partition coefficient (Wildman–Crippen LogP) is 1.70. The second kappa shape index (κ2) is 6.34. The molecule has 2 rings (SSSR count). The van der Waals surface area contributed by atoms with Gasteiger partial charge in [-0.25, -0.2) is 0 Å². The second-order valence-corrected chi connectivity index (χ2v) is 5.09. The van der Waals surface area contributed by atoms with Crippen LogP contribution in [0.1, 0.15) is 12.0 Å². The Morgan fingerprint density at radius 1 is 1.19 bits per heavy atom. The zero-order chi connectivity index (χ0) is 15.5. The van der Waals surface area contributed by atoms with Crippen LogP contribution in [0.5, 0.6) is 0 Å². The molecule has 21 heavy (non-hydrogen) atoms. The molecule has 0 saturated carbocycles. The molecule has 2 N–H and O–H groups in total. The van der Waals surface area contributed by atoms with Crippen molar-refractivity contribution in [2.75, 3.05) is 37.6 Å². The standard InChI is InChI=1S/C14H18F3N3O/c15-14(16,17)11-2-1-3-12(10-11)20-8-6-19(7-9-20)5-4-13(18)21/h1-3,10H,4-9H2,(H2,18,21). The SMILES string of the molecule is NC(=O)CCN1CCN(c2cccc(C(F)(F)F)c2)CC1. The maximum absolute atomic E-state index is 12.7. The van der Waals surface area contributed by atoms with Gasteiger partial charge in [0.2, 0.25) is 5.91 Å². The number of benzene rings is 1. The van der Waals surface area contributed by atoms with Crippen molar-refractivity contribution >= 4 is 11.6 Å². The Morgan fingerprint density at radius 3 is 2.43 bits per heavy atom. The van der Waals surface area contributed by atoms with E-state index in [9.17, 15) is 18.0 Å². The van der Waals surface area contributed by atoms with Crippen LogP contribution in [0.3, 0.4) is 0 Å². The van der Waals surface area contributed by atoms with Gasteiger partial charge in [-0.1, -0.05) is 6.07 Å². The van der Waals surface area contributed by atoms with Crippen molar-refractivity contribution in [2.24, 2.45) is 5.73 Å². The number of nitrogens with zero attached hydrogens (tertiary/aromatic N) is 2. The van der Waals surface area contributed by atoms with Crippen LogP contribution in [0.15, 0.2) is 24.3 Å². The van der Waals surface area contributed by atoms with Crippen LogP contribution in [0.25, 0.3) is 0 Å². The maximum Gasteiger partial charge on any atom is 0.416 e. The molecule has 0 spiro atoms. The first-order valence-electron chi connectivity index (χ1n) is 6.79. The summed E-state index contributed by atoms with van der Waals surface area (Å²) >= 11 is 0. The lowest BCUT2D eigenvalue weighted by atomic mass is 10.1. The van der Waals surface area contributed by atoms with Gasteiger partial charge in [0.05, 0.1) is 5.56 Å². The zero-order valence-corrected chi connectivity index (χ0v) is 11.6. The quantitative estimate of drug-likeness (QED) is 0.921. The van der Waals surface area contributed by atoms with Crippen molar-refractivity contribution in [1.82, 2.24) is 4.90 Å². The number of alkyl halides is 3. The van der Waals surface area contributed by atoms with Crippen LogP contribution in [0, 0.1) is 0 Å². The molecule has 1 aliphatic heterocycles. The van der Waals surface area contributed by atoms with Crippen molar-refractivity contribution in [3.05, 3.63) is 29.8 Å². The van der Waals surface area contributed by atoms with E-state index in [0.717, 1.165) is 6.07 Å². The third-order valence-corrected chi connectivity index (χ3v) is 3.59. The summed E-state index contributed by atoms with van der Waals surface area (Å²) in [5, 5.41) is 0. The van der Waals surface area contributed by atoms with E-state index >= 15 is 0 Å². The molecule has 1 amide bonds. The van der Waals surface area contributed by atoms with E-state index in [1.54, 1.807) is 6.07 Å². The zero-order valence-electron chi connectivity index (χ0n) is 11.6. The Kier molecular flexibility index (Phi) is 4.72. The predicted molar refractivity (Wildman–Crippen MR) is 73.9 cm³/mol. The summed E-state index contributed by atoms with van der Waals surface area (Å²) in [7, 11) is 0. The first-order chi connectivity index (χ1) is 9.86. The number of anilines is 1. The van der Waals surface area contributed by atoms with Crippen LogP contribution in [-0.4, -0.2) is 43.5 Å². The molecule has 116 valence electrons. The number of primary amides is 1. The minimum Gasteiger partial charge on any atom is -0.370 e. The highest BCUT2D eigenvalue weighted by molar-refractivity contribution is 5.73. The maximum atomic E-state index is 12.7. The van der Waals surface area contributed by atoms with Gasteiger partial charge >= 0.3 is 6.18 Å². The first-order valence-corrected chi connectivity index (χ1v) is 6.79. The number of rotatable bonds is 4. The van der Waals surface area contributed by atoms with Gasteiger partial charge in [0.15, 0.2) is 0 Å². The molecule has 1 fully saturated rings. The van der Waals surface area contributed by atoms with E-state index in [4.69, 9.17) is 5.73 Å². The first kappa shape index (κ1) is 15.6. The van der Waals surface area contributed by atoms with Crippen molar-refractivity contribution in [2.45, 2.75) is 12.6 Å². The van der Waals surface area contributed by atoms with Gasteiger partial charge in [0.1, 0.15) is 0 Å². The van der Waals surface area contributed by atoms with E-state index < -0.39 is 11.7 Å². The van der Waals surface area contributed by atoms with E-state index in [2.05, 4.69) is 4.90 Å². The van der Waals surface area contributed by atoms with Crippen molar-refractivity contribution in [3.8, 4) is 0 Å². The molecule has 1 heterocycles. The van der Waals surface area contributed by atoms with Crippen molar-refractivity contribution in [3.63, 3.8) is 0 Å². The highest BCUT2D eigenvalue weighted by Gasteiger charge is 2.31. The molecule has 0 unspecified atom stereocenters. The van der Waals surface area contributed by atoms with Crippen LogP contribution >= 0.6 is 0 Å². The Morgan fingerprint density at radius 2 is 1.86 bits per heavy atom. The number of piperazine rings is 1. The number of hydrogen-bond acceptors (Lipinski definition) is 3. The van der Waals surface area contributed by atoms with E-state index in [-0.39, 0.29) is 5.91 Å². The second-order valence-electron chi connectivity index (χ2n) is 5.09. The molecule has 4 nitrogen and oxygen atoms in total. The molecule has 1 saturated heterocycles. The topological polar surface area (TPSA) is 49.6 Å². The lowest BCUT2D eigenvalue weighted by Gasteiger charge is -2.36. The van der Waals surface area contributed by atoms with Crippen molar-refractivity contribution < 1.29 is 18.0 Å². The summed E-state index contributed by atoms with van der Waals surface area (Å²) in [6.07, 6.45) is -4.01. The molecular weight excluding hydrogens is 283 g/mol. The highest BCUT2D eigenvalue weighted by Crippen LogP contribution is 2.31. The lowest BCUT2D eigenvalue weighted by Crippen LogP contribution is -2.47. The number of amides is 1. The summed E-state index contributed by atoms with van der Waals surface area (Å²) in [4.78, 5) is 14.8. The summed E-state index contributed by atoms with van der Waals surface area (Å²) in [5.41, 5.74) is 5.06. The minimum absolute atomic E-state index is 0.309. The Bertz CT molecular complexity index is 496. The van der Waals surface area contributed by atoms with Gasteiger partial charge < -0.3 is 10.6 Å². The van der Waals surface area contributed by atoms with Gasteiger partial charge in [-0.3, -0.25) is 9.69 Å².